The Morgan fingerprint density at radius 3 is 2.60 bits per heavy atom. The largest absolute Gasteiger partial charge is 0.312 e. The van der Waals surface area contributed by atoms with Gasteiger partial charge in [0.2, 0.25) is 0 Å². The zero-order valence-electron chi connectivity index (χ0n) is 12.6. The predicted octanol–water partition coefficient (Wildman–Crippen LogP) is 5.86. The Hall–Kier alpha value is -0.640. The van der Waals surface area contributed by atoms with Crippen LogP contribution in [0.2, 0.25) is 0 Å². The monoisotopic (exact) mass is 351 g/mol. The lowest BCUT2D eigenvalue weighted by Gasteiger charge is -2.13. The number of benzene rings is 1. The first-order valence-corrected chi connectivity index (χ1v) is 8.71. The Labute approximate surface area is 134 Å². The predicted molar refractivity (Wildman–Crippen MR) is 93.6 cm³/mol. The topological polar surface area (TPSA) is 12.0 Å². The maximum absolute atomic E-state index is 3.72. The fourth-order valence-electron chi connectivity index (χ4n) is 2.62. The number of rotatable bonds is 5. The lowest BCUT2D eigenvalue weighted by Crippen LogP contribution is -2.14. The summed E-state index contributed by atoms with van der Waals surface area (Å²) in [6, 6.07) is 9.44. The third-order valence-electron chi connectivity index (χ3n) is 3.57. The summed E-state index contributed by atoms with van der Waals surface area (Å²) in [5.74, 6) is 0. The molecule has 1 unspecified atom stereocenters. The van der Waals surface area contributed by atoms with E-state index in [1.807, 2.05) is 18.4 Å². The molecule has 1 N–H and O–H groups in total. The van der Waals surface area contributed by atoms with E-state index in [0.717, 1.165) is 0 Å². The zero-order chi connectivity index (χ0) is 14.7. The molecule has 2 aromatic rings. The summed E-state index contributed by atoms with van der Waals surface area (Å²) in [4.78, 5) is 2.77. The van der Waals surface area contributed by atoms with Crippen LogP contribution in [-0.2, 0) is 0 Å². The van der Waals surface area contributed by atoms with Crippen molar-refractivity contribution in [1.29, 1.82) is 0 Å². The van der Waals surface area contributed by atoms with Crippen LogP contribution in [-0.4, -0.2) is 7.05 Å². The number of hydrogen-bond donors (Lipinski definition) is 1. The number of thiophene rings is 1. The second-order valence-corrected chi connectivity index (χ2v) is 7.24. The molecular formula is C17H22BrNS. The first-order chi connectivity index (χ1) is 9.56. The molecule has 20 heavy (non-hydrogen) atoms. The van der Waals surface area contributed by atoms with Crippen molar-refractivity contribution in [1.82, 2.24) is 5.32 Å². The molecule has 108 valence electrons. The van der Waals surface area contributed by atoms with Crippen LogP contribution in [0.25, 0.3) is 10.4 Å². The quantitative estimate of drug-likeness (QED) is 0.711. The molecule has 0 aliphatic carbocycles. The van der Waals surface area contributed by atoms with Gasteiger partial charge in [0.05, 0.1) is 0 Å². The molecule has 0 aliphatic heterocycles. The molecule has 0 saturated carbocycles. The standard InChI is InChI=1S/C17H22BrNS/c1-5-6-14(19-4)15-7-8-16(20-15)17-12(3)9-11(2)10-13(17)18/h7-10,14,19H,5-6H2,1-4H3. The van der Waals surface area contributed by atoms with Gasteiger partial charge in [-0.3, -0.25) is 0 Å². The minimum absolute atomic E-state index is 0.475. The average Bonchev–Trinajstić information content (AvgIpc) is 2.84. The van der Waals surface area contributed by atoms with E-state index in [2.05, 4.69) is 66.3 Å². The Balaban J connectivity index is 2.38. The molecule has 3 heteroatoms. The summed E-state index contributed by atoms with van der Waals surface area (Å²) in [6.45, 7) is 6.56. The summed E-state index contributed by atoms with van der Waals surface area (Å²) >= 11 is 5.62. The van der Waals surface area contributed by atoms with Crippen LogP contribution in [0.15, 0.2) is 28.7 Å². The van der Waals surface area contributed by atoms with Crippen LogP contribution >= 0.6 is 27.3 Å². The molecule has 1 atom stereocenters. The van der Waals surface area contributed by atoms with Gasteiger partial charge in [-0.1, -0.05) is 35.3 Å². The average molecular weight is 352 g/mol. The third kappa shape index (κ3) is 3.33. The molecule has 0 saturated heterocycles. The van der Waals surface area contributed by atoms with Gasteiger partial charge in [0.25, 0.3) is 0 Å². The summed E-state index contributed by atoms with van der Waals surface area (Å²) in [7, 11) is 2.05. The van der Waals surface area contributed by atoms with Crippen LogP contribution < -0.4 is 5.32 Å². The van der Waals surface area contributed by atoms with E-state index in [9.17, 15) is 0 Å². The summed E-state index contributed by atoms with van der Waals surface area (Å²) in [5, 5.41) is 3.42. The third-order valence-corrected chi connectivity index (χ3v) is 5.42. The van der Waals surface area contributed by atoms with Gasteiger partial charge in [0.1, 0.15) is 0 Å². The highest BCUT2D eigenvalue weighted by molar-refractivity contribution is 9.10. The van der Waals surface area contributed by atoms with Gasteiger partial charge in [-0.2, -0.15) is 0 Å². The molecule has 0 fully saturated rings. The van der Waals surface area contributed by atoms with Crippen molar-refractivity contribution in [3.8, 4) is 10.4 Å². The van der Waals surface area contributed by atoms with Crippen molar-refractivity contribution in [2.45, 2.75) is 39.7 Å². The van der Waals surface area contributed by atoms with Crippen LogP contribution in [0, 0.1) is 13.8 Å². The van der Waals surface area contributed by atoms with Crippen LogP contribution in [0.4, 0.5) is 0 Å². The van der Waals surface area contributed by atoms with Gasteiger partial charge in [0, 0.05) is 25.8 Å². The van der Waals surface area contributed by atoms with Crippen LogP contribution in [0.3, 0.4) is 0 Å². The lowest BCUT2D eigenvalue weighted by atomic mass is 10.0. The molecule has 0 spiro atoms. The first-order valence-electron chi connectivity index (χ1n) is 7.11. The van der Waals surface area contributed by atoms with Crippen molar-refractivity contribution in [2.24, 2.45) is 0 Å². The first kappa shape index (κ1) is 15.7. The van der Waals surface area contributed by atoms with Crippen molar-refractivity contribution >= 4 is 27.3 Å². The highest BCUT2D eigenvalue weighted by Crippen LogP contribution is 2.38. The van der Waals surface area contributed by atoms with E-state index in [4.69, 9.17) is 0 Å². The van der Waals surface area contributed by atoms with Crippen LogP contribution in [0.5, 0.6) is 0 Å². The van der Waals surface area contributed by atoms with E-state index in [1.165, 1.54) is 43.8 Å². The molecule has 2 rings (SSSR count). The Bertz CT molecular complexity index is 565. The van der Waals surface area contributed by atoms with Gasteiger partial charge >= 0.3 is 0 Å². The molecule has 1 heterocycles. The molecule has 0 radical (unpaired) electrons. The van der Waals surface area contributed by atoms with Gasteiger partial charge in [-0.15, -0.1) is 11.3 Å². The van der Waals surface area contributed by atoms with E-state index >= 15 is 0 Å². The summed E-state index contributed by atoms with van der Waals surface area (Å²) < 4.78 is 1.19. The molecule has 0 aliphatic rings. The van der Waals surface area contributed by atoms with Gasteiger partial charge in [-0.25, -0.2) is 0 Å². The van der Waals surface area contributed by atoms with E-state index in [-0.39, 0.29) is 0 Å². The van der Waals surface area contributed by atoms with Gasteiger partial charge in [0.15, 0.2) is 0 Å². The van der Waals surface area contributed by atoms with Gasteiger partial charge in [-0.05, 0) is 56.6 Å². The zero-order valence-corrected chi connectivity index (χ0v) is 15.0. The summed E-state index contributed by atoms with van der Waals surface area (Å²) in [6.07, 6.45) is 2.39. The van der Waals surface area contributed by atoms with E-state index in [1.54, 1.807) is 0 Å². The Morgan fingerprint density at radius 2 is 2.00 bits per heavy atom. The minimum Gasteiger partial charge on any atom is -0.312 e. The molecule has 0 amide bonds. The highest BCUT2D eigenvalue weighted by atomic mass is 79.9. The van der Waals surface area contributed by atoms with Crippen molar-refractivity contribution in [3.63, 3.8) is 0 Å². The van der Waals surface area contributed by atoms with Crippen molar-refractivity contribution < 1.29 is 0 Å². The maximum Gasteiger partial charge on any atom is 0.0412 e. The fraction of sp³-hybridized carbons (Fsp3) is 0.412. The van der Waals surface area contributed by atoms with Crippen LogP contribution in [0.1, 0.15) is 41.8 Å². The van der Waals surface area contributed by atoms with Gasteiger partial charge < -0.3 is 5.32 Å². The molecule has 1 aromatic carbocycles. The maximum atomic E-state index is 3.72. The summed E-state index contributed by atoms with van der Waals surface area (Å²) in [5.41, 5.74) is 3.97. The molecular weight excluding hydrogens is 330 g/mol. The fourth-order valence-corrected chi connectivity index (χ4v) is 4.92. The van der Waals surface area contributed by atoms with Crippen molar-refractivity contribution in [2.75, 3.05) is 7.05 Å². The minimum atomic E-state index is 0.475. The Morgan fingerprint density at radius 1 is 1.25 bits per heavy atom. The number of halogens is 1. The second kappa shape index (κ2) is 6.88. The molecule has 1 nitrogen and oxygen atoms in total. The number of aryl methyl sites for hydroxylation is 2. The van der Waals surface area contributed by atoms with Crippen molar-refractivity contribution in [3.05, 3.63) is 44.7 Å². The normalized spacial score (nSPS) is 12.7. The Kier molecular flexibility index (Phi) is 5.42. The number of nitrogens with one attached hydrogen (secondary N) is 1. The smallest absolute Gasteiger partial charge is 0.0412 e. The molecule has 1 aromatic heterocycles. The second-order valence-electron chi connectivity index (χ2n) is 5.27. The lowest BCUT2D eigenvalue weighted by molar-refractivity contribution is 0.550. The number of hydrogen-bond acceptors (Lipinski definition) is 2. The molecule has 0 bridgehead atoms. The van der Waals surface area contributed by atoms with E-state index < -0.39 is 0 Å². The highest BCUT2D eigenvalue weighted by Gasteiger charge is 2.14. The SMILES string of the molecule is CCCC(NC)c1ccc(-c2c(C)cc(C)cc2Br)s1. The van der Waals surface area contributed by atoms with E-state index in [0.29, 0.717) is 6.04 Å².